The Bertz CT molecular complexity index is 429. The van der Waals surface area contributed by atoms with Gasteiger partial charge in [-0.3, -0.25) is 0 Å². The zero-order valence-electron chi connectivity index (χ0n) is 7.50. The summed E-state index contributed by atoms with van der Waals surface area (Å²) in [5, 5.41) is 0. The maximum absolute atomic E-state index is 4.30. The molecule has 3 heteroatoms. The SMILES string of the molecule is Cc1cnc2c(ncn2C)c1C. The molecule has 0 fully saturated rings. The summed E-state index contributed by atoms with van der Waals surface area (Å²) in [6.07, 6.45) is 3.68. The molecule has 62 valence electrons. The lowest BCUT2D eigenvalue weighted by Crippen LogP contribution is -1.90. The van der Waals surface area contributed by atoms with Crippen LogP contribution in [0, 0.1) is 13.8 Å². The standard InChI is InChI=1S/C9H11N3/c1-6-4-10-9-8(7(6)2)11-5-12(9)3/h4-5H,1-3H3. The van der Waals surface area contributed by atoms with Crippen LogP contribution in [-0.4, -0.2) is 14.5 Å². The Balaban J connectivity index is 2.93. The molecule has 3 nitrogen and oxygen atoms in total. The normalized spacial score (nSPS) is 10.9. The average molecular weight is 161 g/mol. The summed E-state index contributed by atoms with van der Waals surface area (Å²) in [6.45, 7) is 4.13. The van der Waals surface area contributed by atoms with Crippen molar-refractivity contribution in [2.75, 3.05) is 0 Å². The van der Waals surface area contributed by atoms with E-state index in [-0.39, 0.29) is 0 Å². The monoisotopic (exact) mass is 161 g/mol. The summed E-state index contributed by atoms with van der Waals surface area (Å²) in [4.78, 5) is 8.58. The predicted octanol–water partition coefficient (Wildman–Crippen LogP) is 1.59. The second kappa shape index (κ2) is 2.30. The highest BCUT2D eigenvalue weighted by atomic mass is 15.1. The maximum atomic E-state index is 4.30. The third-order valence-corrected chi connectivity index (χ3v) is 2.23. The van der Waals surface area contributed by atoms with Crippen molar-refractivity contribution in [3.05, 3.63) is 23.7 Å². The zero-order valence-corrected chi connectivity index (χ0v) is 7.50. The van der Waals surface area contributed by atoms with Gasteiger partial charge in [0.2, 0.25) is 0 Å². The summed E-state index contributed by atoms with van der Waals surface area (Å²) in [6, 6.07) is 0. The topological polar surface area (TPSA) is 30.7 Å². The summed E-state index contributed by atoms with van der Waals surface area (Å²) in [5.41, 5.74) is 4.39. The number of aryl methyl sites for hydroxylation is 3. The Morgan fingerprint density at radius 2 is 2.00 bits per heavy atom. The molecule has 0 amide bonds. The molecule has 2 rings (SSSR count). The van der Waals surface area contributed by atoms with Crippen molar-refractivity contribution >= 4 is 11.2 Å². The van der Waals surface area contributed by atoms with Gasteiger partial charge >= 0.3 is 0 Å². The van der Waals surface area contributed by atoms with Crippen molar-refractivity contribution in [3.63, 3.8) is 0 Å². The third kappa shape index (κ3) is 0.826. The maximum Gasteiger partial charge on any atom is 0.159 e. The number of rotatable bonds is 0. The first-order valence-electron chi connectivity index (χ1n) is 3.93. The molecule has 0 spiro atoms. The van der Waals surface area contributed by atoms with Crippen molar-refractivity contribution in [1.29, 1.82) is 0 Å². The van der Waals surface area contributed by atoms with Crippen LogP contribution < -0.4 is 0 Å². The van der Waals surface area contributed by atoms with Crippen LogP contribution in [0.5, 0.6) is 0 Å². The van der Waals surface area contributed by atoms with Gasteiger partial charge in [-0.1, -0.05) is 0 Å². The minimum Gasteiger partial charge on any atom is -0.318 e. The van der Waals surface area contributed by atoms with Gasteiger partial charge < -0.3 is 4.57 Å². The third-order valence-electron chi connectivity index (χ3n) is 2.23. The van der Waals surface area contributed by atoms with E-state index in [4.69, 9.17) is 0 Å². The number of nitrogens with zero attached hydrogens (tertiary/aromatic N) is 3. The van der Waals surface area contributed by atoms with E-state index in [1.54, 1.807) is 6.33 Å². The number of pyridine rings is 1. The van der Waals surface area contributed by atoms with E-state index >= 15 is 0 Å². The second-order valence-corrected chi connectivity index (χ2v) is 3.09. The molecule has 0 N–H and O–H groups in total. The van der Waals surface area contributed by atoms with Gasteiger partial charge in [-0.2, -0.15) is 0 Å². The first-order chi connectivity index (χ1) is 5.70. The lowest BCUT2D eigenvalue weighted by atomic mass is 10.2. The summed E-state index contributed by atoms with van der Waals surface area (Å²) < 4.78 is 1.93. The first-order valence-corrected chi connectivity index (χ1v) is 3.93. The molecule has 0 atom stereocenters. The molecule has 0 radical (unpaired) electrons. The quantitative estimate of drug-likeness (QED) is 0.587. The molecular weight excluding hydrogens is 150 g/mol. The highest BCUT2D eigenvalue weighted by Gasteiger charge is 2.04. The van der Waals surface area contributed by atoms with Crippen molar-refractivity contribution in [3.8, 4) is 0 Å². The Kier molecular flexibility index (Phi) is 1.40. The van der Waals surface area contributed by atoms with Gasteiger partial charge in [0, 0.05) is 13.2 Å². The first kappa shape index (κ1) is 7.28. The molecule has 12 heavy (non-hydrogen) atoms. The molecule has 0 aliphatic rings. The molecule has 0 saturated heterocycles. The molecule has 2 aromatic rings. The van der Waals surface area contributed by atoms with Gasteiger partial charge in [-0.05, 0) is 25.0 Å². The summed E-state index contributed by atoms with van der Waals surface area (Å²) >= 11 is 0. The largest absolute Gasteiger partial charge is 0.318 e. The molecule has 0 bridgehead atoms. The highest BCUT2D eigenvalue weighted by Crippen LogP contribution is 2.16. The molecule has 0 aliphatic heterocycles. The lowest BCUT2D eigenvalue weighted by Gasteiger charge is -1.99. The van der Waals surface area contributed by atoms with E-state index in [9.17, 15) is 0 Å². The molecular formula is C9H11N3. The van der Waals surface area contributed by atoms with Crippen molar-refractivity contribution in [2.24, 2.45) is 7.05 Å². The van der Waals surface area contributed by atoms with Crippen LogP contribution in [0.2, 0.25) is 0 Å². The Morgan fingerprint density at radius 1 is 1.25 bits per heavy atom. The van der Waals surface area contributed by atoms with Crippen LogP contribution in [0.4, 0.5) is 0 Å². The summed E-state index contributed by atoms with van der Waals surface area (Å²) in [7, 11) is 1.96. The van der Waals surface area contributed by atoms with Crippen LogP contribution in [-0.2, 0) is 7.05 Å². The van der Waals surface area contributed by atoms with Crippen molar-refractivity contribution < 1.29 is 0 Å². The van der Waals surface area contributed by atoms with Crippen LogP contribution in [0.25, 0.3) is 11.2 Å². The van der Waals surface area contributed by atoms with Crippen LogP contribution >= 0.6 is 0 Å². The van der Waals surface area contributed by atoms with Gasteiger partial charge in [0.25, 0.3) is 0 Å². The fraction of sp³-hybridized carbons (Fsp3) is 0.333. The molecule has 0 aromatic carbocycles. The molecule has 0 aliphatic carbocycles. The zero-order chi connectivity index (χ0) is 8.72. The van der Waals surface area contributed by atoms with Crippen molar-refractivity contribution in [1.82, 2.24) is 14.5 Å². The predicted molar refractivity (Wildman–Crippen MR) is 48.0 cm³/mol. The van der Waals surface area contributed by atoms with E-state index in [2.05, 4.69) is 23.8 Å². The van der Waals surface area contributed by atoms with Crippen LogP contribution in [0.1, 0.15) is 11.1 Å². The fourth-order valence-corrected chi connectivity index (χ4v) is 1.28. The van der Waals surface area contributed by atoms with E-state index < -0.39 is 0 Å². The fourth-order valence-electron chi connectivity index (χ4n) is 1.28. The minimum absolute atomic E-state index is 0.957. The number of fused-ring (bicyclic) bond motifs is 1. The number of hydrogen-bond donors (Lipinski definition) is 0. The lowest BCUT2D eigenvalue weighted by molar-refractivity contribution is 0.930. The van der Waals surface area contributed by atoms with Crippen LogP contribution in [0.15, 0.2) is 12.5 Å². The van der Waals surface area contributed by atoms with Crippen molar-refractivity contribution in [2.45, 2.75) is 13.8 Å². The Labute approximate surface area is 71.1 Å². The van der Waals surface area contributed by atoms with Gasteiger partial charge in [0.15, 0.2) is 5.65 Å². The highest BCUT2D eigenvalue weighted by molar-refractivity contribution is 5.75. The molecule has 0 unspecified atom stereocenters. The van der Waals surface area contributed by atoms with E-state index in [0.717, 1.165) is 11.2 Å². The molecule has 2 aromatic heterocycles. The minimum atomic E-state index is 0.957. The second-order valence-electron chi connectivity index (χ2n) is 3.09. The summed E-state index contributed by atoms with van der Waals surface area (Å²) in [5.74, 6) is 0. The smallest absolute Gasteiger partial charge is 0.159 e. The molecule has 2 heterocycles. The number of aromatic nitrogens is 3. The van der Waals surface area contributed by atoms with Gasteiger partial charge in [-0.25, -0.2) is 9.97 Å². The Hall–Kier alpha value is -1.38. The van der Waals surface area contributed by atoms with E-state index in [1.165, 1.54) is 11.1 Å². The van der Waals surface area contributed by atoms with Crippen LogP contribution in [0.3, 0.4) is 0 Å². The van der Waals surface area contributed by atoms with E-state index in [1.807, 2.05) is 17.8 Å². The Morgan fingerprint density at radius 3 is 2.75 bits per heavy atom. The van der Waals surface area contributed by atoms with Gasteiger partial charge in [0.1, 0.15) is 5.52 Å². The number of hydrogen-bond acceptors (Lipinski definition) is 2. The van der Waals surface area contributed by atoms with Gasteiger partial charge in [0.05, 0.1) is 6.33 Å². The number of imidazole rings is 1. The van der Waals surface area contributed by atoms with Gasteiger partial charge in [-0.15, -0.1) is 0 Å². The average Bonchev–Trinajstić information content (AvgIpc) is 2.41. The van der Waals surface area contributed by atoms with E-state index in [0.29, 0.717) is 0 Å². The molecule has 0 saturated carbocycles.